The molecule has 116 valence electrons. The van der Waals surface area contributed by atoms with Crippen LogP contribution in [0.25, 0.3) is 0 Å². The van der Waals surface area contributed by atoms with Gasteiger partial charge in [0.25, 0.3) is 0 Å². The number of thioether (sulfide) groups is 1. The molecule has 0 unspecified atom stereocenters. The van der Waals surface area contributed by atoms with E-state index < -0.39 is 11.7 Å². The summed E-state index contributed by atoms with van der Waals surface area (Å²) >= 11 is 2.02. The van der Waals surface area contributed by atoms with Crippen LogP contribution in [0.15, 0.2) is 24.3 Å². The van der Waals surface area contributed by atoms with Crippen molar-refractivity contribution in [3.05, 3.63) is 24.3 Å². The van der Waals surface area contributed by atoms with Gasteiger partial charge in [0.2, 0.25) is 0 Å². The second kappa shape index (κ2) is 7.07. The van der Waals surface area contributed by atoms with Crippen molar-refractivity contribution in [2.45, 2.75) is 45.3 Å². The average Bonchev–Trinajstić information content (AvgIpc) is 2.40. The van der Waals surface area contributed by atoms with Gasteiger partial charge in [0, 0.05) is 17.4 Å². The minimum atomic E-state index is -0.482. The summed E-state index contributed by atoms with van der Waals surface area (Å²) in [5, 5.41) is 6.28. The van der Waals surface area contributed by atoms with E-state index in [-0.39, 0.29) is 0 Å². The van der Waals surface area contributed by atoms with Crippen molar-refractivity contribution in [2.75, 3.05) is 22.1 Å². The zero-order chi connectivity index (χ0) is 15.3. The van der Waals surface area contributed by atoms with Gasteiger partial charge in [0.1, 0.15) is 5.60 Å². The highest BCUT2D eigenvalue weighted by Crippen LogP contribution is 2.22. The first-order chi connectivity index (χ1) is 9.92. The molecule has 0 spiro atoms. The van der Waals surface area contributed by atoms with E-state index in [2.05, 4.69) is 10.6 Å². The maximum atomic E-state index is 11.7. The normalized spacial score (nSPS) is 16.3. The molecule has 4 nitrogen and oxygen atoms in total. The van der Waals surface area contributed by atoms with Crippen molar-refractivity contribution in [1.29, 1.82) is 0 Å². The zero-order valence-electron chi connectivity index (χ0n) is 12.9. The van der Waals surface area contributed by atoms with Gasteiger partial charge in [0.05, 0.1) is 0 Å². The van der Waals surface area contributed by atoms with E-state index in [1.54, 1.807) is 0 Å². The van der Waals surface area contributed by atoms with Crippen LogP contribution in [0.1, 0.15) is 33.6 Å². The van der Waals surface area contributed by atoms with Crippen LogP contribution in [0.5, 0.6) is 0 Å². The summed E-state index contributed by atoms with van der Waals surface area (Å²) in [7, 11) is 0. The molecule has 1 heterocycles. The minimum absolute atomic E-state index is 0.424. The fraction of sp³-hybridized carbons (Fsp3) is 0.562. The Kier molecular flexibility index (Phi) is 5.39. The predicted molar refractivity (Wildman–Crippen MR) is 90.3 cm³/mol. The van der Waals surface area contributed by atoms with Crippen LogP contribution in [0, 0.1) is 0 Å². The van der Waals surface area contributed by atoms with E-state index >= 15 is 0 Å². The van der Waals surface area contributed by atoms with Gasteiger partial charge in [-0.2, -0.15) is 11.8 Å². The number of benzene rings is 1. The first kappa shape index (κ1) is 16.0. The fourth-order valence-corrected chi connectivity index (χ4v) is 3.26. The molecule has 1 aliphatic rings. The molecule has 1 fully saturated rings. The van der Waals surface area contributed by atoms with Gasteiger partial charge in [0.15, 0.2) is 0 Å². The summed E-state index contributed by atoms with van der Waals surface area (Å²) in [5.74, 6) is 2.46. The standard InChI is InChI=1S/C16H24N2O2S/c1-16(2,3)20-15(19)18-13-6-4-12(5-7-13)17-14-8-10-21-11-9-14/h4-7,14,17H,8-11H2,1-3H3,(H,18,19). The quantitative estimate of drug-likeness (QED) is 0.872. The van der Waals surface area contributed by atoms with Gasteiger partial charge in [-0.25, -0.2) is 4.79 Å². The first-order valence-corrected chi connectivity index (χ1v) is 8.52. The van der Waals surface area contributed by atoms with Gasteiger partial charge in [-0.15, -0.1) is 0 Å². The van der Waals surface area contributed by atoms with Crippen molar-refractivity contribution in [1.82, 2.24) is 0 Å². The third-order valence-electron chi connectivity index (χ3n) is 3.12. The molecule has 21 heavy (non-hydrogen) atoms. The Morgan fingerprint density at radius 1 is 1.14 bits per heavy atom. The van der Waals surface area contributed by atoms with Gasteiger partial charge in [-0.1, -0.05) is 0 Å². The average molecular weight is 308 g/mol. The molecule has 1 amide bonds. The summed E-state index contributed by atoms with van der Waals surface area (Å²) in [5.41, 5.74) is 1.36. The highest BCUT2D eigenvalue weighted by molar-refractivity contribution is 7.99. The summed E-state index contributed by atoms with van der Waals surface area (Å²) < 4.78 is 5.23. The van der Waals surface area contributed by atoms with Crippen LogP contribution in [0.4, 0.5) is 16.2 Å². The smallest absolute Gasteiger partial charge is 0.412 e. The SMILES string of the molecule is CC(C)(C)OC(=O)Nc1ccc(NC2CCSCC2)cc1. The molecule has 2 N–H and O–H groups in total. The number of carbonyl (C=O) groups excluding carboxylic acids is 1. The summed E-state index contributed by atoms with van der Waals surface area (Å²) in [6, 6.07) is 8.34. The van der Waals surface area contributed by atoms with Crippen LogP contribution in [0.3, 0.4) is 0 Å². The lowest BCUT2D eigenvalue weighted by molar-refractivity contribution is 0.0636. The van der Waals surface area contributed by atoms with Crippen molar-refractivity contribution < 1.29 is 9.53 Å². The number of ether oxygens (including phenoxy) is 1. The van der Waals surface area contributed by atoms with Crippen molar-refractivity contribution >= 4 is 29.2 Å². The van der Waals surface area contributed by atoms with Crippen LogP contribution in [-0.2, 0) is 4.74 Å². The molecule has 2 rings (SSSR count). The highest BCUT2D eigenvalue weighted by Gasteiger charge is 2.16. The molecule has 0 atom stereocenters. The molecule has 1 aromatic rings. The fourth-order valence-electron chi connectivity index (χ4n) is 2.15. The minimum Gasteiger partial charge on any atom is -0.444 e. The molecule has 0 aliphatic carbocycles. The maximum Gasteiger partial charge on any atom is 0.412 e. The van der Waals surface area contributed by atoms with Crippen molar-refractivity contribution in [3.63, 3.8) is 0 Å². The molecule has 0 radical (unpaired) electrons. The third kappa shape index (κ3) is 5.87. The number of rotatable bonds is 3. The Bertz CT molecular complexity index is 462. The molecular weight excluding hydrogens is 284 g/mol. The Morgan fingerprint density at radius 3 is 2.29 bits per heavy atom. The van der Waals surface area contributed by atoms with E-state index in [0.717, 1.165) is 11.4 Å². The number of hydrogen-bond acceptors (Lipinski definition) is 4. The summed E-state index contributed by atoms with van der Waals surface area (Å²) in [6.07, 6.45) is 2.00. The van der Waals surface area contributed by atoms with Crippen LogP contribution < -0.4 is 10.6 Å². The molecule has 0 aromatic heterocycles. The third-order valence-corrected chi connectivity index (χ3v) is 4.17. The zero-order valence-corrected chi connectivity index (χ0v) is 13.8. The van der Waals surface area contributed by atoms with E-state index in [0.29, 0.717) is 6.04 Å². The number of anilines is 2. The van der Waals surface area contributed by atoms with Crippen LogP contribution >= 0.6 is 11.8 Å². The van der Waals surface area contributed by atoms with E-state index in [1.165, 1.54) is 24.3 Å². The topological polar surface area (TPSA) is 50.4 Å². The summed E-state index contributed by atoms with van der Waals surface area (Å²) in [6.45, 7) is 5.55. The molecule has 1 aliphatic heterocycles. The number of hydrogen-bond donors (Lipinski definition) is 2. The molecule has 5 heteroatoms. The highest BCUT2D eigenvalue weighted by atomic mass is 32.2. The lowest BCUT2D eigenvalue weighted by atomic mass is 10.1. The van der Waals surface area contributed by atoms with Gasteiger partial charge in [-0.3, -0.25) is 5.32 Å². The largest absolute Gasteiger partial charge is 0.444 e. The van der Waals surface area contributed by atoms with Crippen LogP contribution in [0.2, 0.25) is 0 Å². The molecular formula is C16H24N2O2S. The van der Waals surface area contributed by atoms with E-state index in [1.807, 2.05) is 56.8 Å². The van der Waals surface area contributed by atoms with Crippen LogP contribution in [-0.4, -0.2) is 29.2 Å². The first-order valence-electron chi connectivity index (χ1n) is 7.37. The number of nitrogens with one attached hydrogen (secondary N) is 2. The number of carbonyl (C=O) groups is 1. The van der Waals surface area contributed by atoms with Gasteiger partial charge in [-0.05, 0) is 69.4 Å². The van der Waals surface area contributed by atoms with Crippen molar-refractivity contribution in [2.24, 2.45) is 0 Å². The predicted octanol–water partition coefficient (Wildman–Crippen LogP) is 4.34. The van der Waals surface area contributed by atoms with Gasteiger partial charge >= 0.3 is 6.09 Å². The van der Waals surface area contributed by atoms with E-state index in [4.69, 9.17) is 4.74 Å². The molecule has 1 saturated heterocycles. The number of amides is 1. The second-order valence-electron chi connectivity index (χ2n) is 6.24. The van der Waals surface area contributed by atoms with Crippen molar-refractivity contribution in [3.8, 4) is 0 Å². The Balaban J connectivity index is 1.85. The summed E-state index contributed by atoms with van der Waals surface area (Å²) in [4.78, 5) is 11.7. The monoisotopic (exact) mass is 308 g/mol. The molecule has 0 bridgehead atoms. The lowest BCUT2D eigenvalue weighted by Crippen LogP contribution is -2.27. The van der Waals surface area contributed by atoms with E-state index in [9.17, 15) is 4.79 Å². The molecule has 1 aromatic carbocycles. The Morgan fingerprint density at radius 2 is 1.71 bits per heavy atom. The maximum absolute atomic E-state index is 11.7. The molecule has 0 saturated carbocycles. The van der Waals surface area contributed by atoms with Gasteiger partial charge < -0.3 is 10.1 Å². The second-order valence-corrected chi connectivity index (χ2v) is 7.46. The Labute approximate surface area is 131 Å². The lowest BCUT2D eigenvalue weighted by Gasteiger charge is -2.23. The Hall–Kier alpha value is -1.36.